The third-order valence-corrected chi connectivity index (χ3v) is 2.53. The molecule has 0 aliphatic carbocycles. The molecule has 20 heavy (non-hydrogen) atoms. The maximum absolute atomic E-state index is 11.5. The standard InChI is InChI=1S/C15H17ClO4/c1-15(2,3)20-13(17)8-6-10-5-7-11(12(16)9-10)14(18)19-4/h5-9H,1-4H3. The van der Waals surface area contributed by atoms with E-state index in [9.17, 15) is 9.59 Å². The quantitative estimate of drug-likeness (QED) is 0.633. The highest BCUT2D eigenvalue weighted by Gasteiger charge is 2.14. The number of esters is 2. The highest BCUT2D eigenvalue weighted by atomic mass is 35.5. The van der Waals surface area contributed by atoms with E-state index in [4.69, 9.17) is 16.3 Å². The van der Waals surface area contributed by atoms with E-state index >= 15 is 0 Å². The van der Waals surface area contributed by atoms with Gasteiger partial charge in [-0.05, 0) is 44.5 Å². The van der Waals surface area contributed by atoms with Gasteiger partial charge < -0.3 is 9.47 Å². The molecule has 0 radical (unpaired) electrons. The summed E-state index contributed by atoms with van der Waals surface area (Å²) in [7, 11) is 1.29. The van der Waals surface area contributed by atoms with E-state index in [0.717, 1.165) is 0 Å². The first-order chi connectivity index (χ1) is 9.23. The fourth-order valence-electron chi connectivity index (χ4n) is 1.41. The molecule has 0 bridgehead atoms. The molecule has 0 aliphatic rings. The summed E-state index contributed by atoms with van der Waals surface area (Å²) >= 11 is 5.97. The number of halogens is 1. The SMILES string of the molecule is COC(=O)c1ccc(C=CC(=O)OC(C)(C)C)cc1Cl. The predicted octanol–water partition coefficient (Wildman–Crippen LogP) is 3.48. The number of ether oxygens (including phenoxy) is 2. The molecule has 0 saturated heterocycles. The zero-order chi connectivity index (χ0) is 15.3. The van der Waals surface area contributed by atoms with Gasteiger partial charge in [0.05, 0.1) is 17.7 Å². The van der Waals surface area contributed by atoms with Crippen LogP contribution in [0.25, 0.3) is 6.08 Å². The average Bonchev–Trinajstić information content (AvgIpc) is 2.33. The van der Waals surface area contributed by atoms with Crippen molar-refractivity contribution in [3.05, 3.63) is 40.4 Å². The molecule has 0 aromatic heterocycles. The van der Waals surface area contributed by atoms with Crippen LogP contribution in [0, 0.1) is 0 Å². The smallest absolute Gasteiger partial charge is 0.339 e. The second-order valence-corrected chi connectivity index (χ2v) is 5.50. The third-order valence-electron chi connectivity index (χ3n) is 2.22. The van der Waals surface area contributed by atoms with Crippen molar-refractivity contribution in [3.8, 4) is 0 Å². The largest absolute Gasteiger partial charge is 0.465 e. The topological polar surface area (TPSA) is 52.6 Å². The second kappa shape index (κ2) is 6.57. The summed E-state index contributed by atoms with van der Waals surface area (Å²) in [5.74, 6) is -0.941. The molecule has 0 amide bonds. The zero-order valence-corrected chi connectivity index (χ0v) is 12.7. The summed E-state index contributed by atoms with van der Waals surface area (Å²) in [6.07, 6.45) is 2.88. The zero-order valence-electron chi connectivity index (χ0n) is 11.9. The van der Waals surface area contributed by atoms with Crippen LogP contribution in [0.5, 0.6) is 0 Å². The molecule has 0 spiro atoms. The Hall–Kier alpha value is -1.81. The van der Waals surface area contributed by atoms with Crippen LogP contribution >= 0.6 is 11.6 Å². The van der Waals surface area contributed by atoms with Crippen molar-refractivity contribution in [2.75, 3.05) is 7.11 Å². The van der Waals surface area contributed by atoms with Gasteiger partial charge in [0.15, 0.2) is 0 Å². The van der Waals surface area contributed by atoms with Crippen LogP contribution in [0.15, 0.2) is 24.3 Å². The van der Waals surface area contributed by atoms with Gasteiger partial charge in [0.25, 0.3) is 0 Å². The summed E-state index contributed by atoms with van der Waals surface area (Å²) in [6.45, 7) is 5.38. The summed E-state index contributed by atoms with van der Waals surface area (Å²) in [6, 6.07) is 4.79. The summed E-state index contributed by atoms with van der Waals surface area (Å²) in [4.78, 5) is 22.9. The summed E-state index contributed by atoms with van der Waals surface area (Å²) < 4.78 is 9.73. The molecule has 5 heteroatoms. The van der Waals surface area contributed by atoms with Crippen molar-refractivity contribution in [1.29, 1.82) is 0 Å². The Kier molecular flexibility index (Phi) is 5.34. The van der Waals surface area contributed by atoms with E-state index in [1.807, 2.05) is 0 Å². The van der Waals surface area contributed by atoms with E-state index < -0.39 is 17.5 Å². The van der Waals surface area contributed by atoms with Gasteiger partial charge in [0, 0.05) is 6.08 Å². The minimum atomic E-state index is -0.534. The lowest BCUT2D eigenvalue weighted by Gasteiger charge is -2.17. The van der Waals surface area contributed by atoms with Crippen LogP contribution in [-0.4, -0.2) is 24.6 Å². The van der Waals surface area contributed by atoms with Gasteiger partial charge in [-0.15, -0.1) is 0 Å². The Morgan fingerprint density at radius 1 is 1.25 bits per heavy atom. The third kappa shape index (κ3) is 5.05. The van der Waals surface area contributed by atoms with Gasteiger partial charge in [0.1, 0.15) is 5.60 Å². The lowest BCUT2D eigenvalue weighted by atomic mass is 10.1. The predicted molar refractivity (Wildman–Crippen MR) is 77.7 cm³/mol. The summed E-state index contributed by atoms with van der Waals surface area (Å²) in [5.41, 5.74) is 0.436. The van der Waals surface area contributed by atoms with E-state index in [-0.39, 0.29) is 10.6 Å². The number of carbonyl (C=O) groups is 2. The highest BCUT2D eigenvalue weighted by molar-refractivity contribution is 6.33. The maximum atomic E-state index is 11.5. The van der Waals surface area contributed by atoms with Gasteiger partial charge in [-0.25, -0.2) is 9.59 Å². The van der Waals surface area contributed by atoms with Crippen LogP contribution < -0.4 is 0 Å². The average molecular weight is 297 g/mol. The normalized spacial score (nSPS) is 11.4. The van der Waals surface area contributed by atoms with Crippen LogP contribution in [0.3, 0.4) is 0 Å². The van der Waals surface area contributed by atoms with Crippen molar-refractivity contribution in [3.63, 3.8) is 0 Å². The van der Waals surface area contributed by atoms with Crippen molar-refractivity contribution < 1.29 is 19.1 Å². The van der Waals surface area contributed by atoms with E-state index in [0.29, 0.717) is 5.56 Å². The molecule has 1 aromatic rings. The van der Waals surface area contributed by atoms with Crippen molar-refractivity contribution in [1.82, 2.24) is 0 Å². The lowest BCUT2D eigenvalue weighted by Crippen LogP contribution is -2.22. The molecule has 108 valence electrons. The number of methoxy groups -OCH3 is 1. The molecule has 0 aliphatic heterocycles. The van der Waals surface area contributed by atoms with Gasteiger partial charge in [-0.3, -0.25) is 0 Å². The molecular weight excluding hydrogens is 280 g/mol. The molecule has 1 rings (SSSR count). The molecule has 4 nitrogen and oxygen atoms in total. The molecule has 1 aromatic carbocycles. The van der Waals surface area contributed by atoms with Gasteiger partial charge in [-0.1, -0.05) is 17.7 Å². The Morgan fingerprint density at radius 2 is 1.90 bits per heavy atom. The number of hydrogen-bond acceptors (Lipinski definition) is 4. The first-order valence-corrected chi connectivity index (χ1v) is 6.39. The van der Waals surface area contributed by atoms with Crippen molar-refractivity contribution in [2.45, 2.75) is 26.4 Å². The van der Waals surface area contributed by atoms with Crippen molar-refractivity contribution in [2.24, 2.45) is 0 Å². The van der Waals surface area contributed by atoms with Crippen LogP contribution in [0.4, 0.5) is 0 Å². The molecular formula is C15H17ClO4. The molecule has 0 N–H and O–H groups in total. The van der Waals surface area contributed by atoms with E-state index in [2.05, 4.69) is 4.74 Å². The number of hydrogen-bond donors (Lipinski definition) is 0. The Morgan fingerprint density at radius 3 is 2.40 bits per heavy atom. The monoisotopic (exact) mass is 296 g/mol. The first-order valence-electron chi connectivity index (χ1n) is 6.02. The Balaban J connectivity index is 2.82. The number of carbonyl (C=O) groups excluding carboxylic acids is 2. The maximum Gasteiger partial charge on any atom is 0.339 e. The van der Waals surface area contributed by atoms with E-state index in [1.54, 1.807) is 45.0 Å². The van der Waals surface area contributed by atoms with Crippen molar-refractivity contribution >= 4 is 29.6 Å². The minimum Gasteiger partial charge on any atom is -0.465 e. The van der Waals surface area contributed by atoms with Crippen LogP contribution in [0.2, 0.25) is 5.02 Å². The van der Waals surface area contributed by atoms with Gasteiger partial charge in [0.2, 0.25) is 0 Å². The molecule has 0 heterocycles. The van der Waals surface area contributed by atoms with Gasteiger partial charge in [-0.2, -0.15) is 0 Å². The molecule has 0 fully saturated rings. The minimum absolute atomic E-state index is 0.267. The van der Waals surface area contributed by atoms with Crippen LogP contribution in [0.1, 0.15) is 36.7 Å². The summed E-state index contributed by atoms with van der Waals surface area (Å²) in [5, 5.41) is 0.267. The lowest BCUT2D eigenvalue weighted by molar-refractivity contribution is -0.148. The molecule has 0 saturated carbocycles. The molecule has 0 unspecified atom stereocenters. The Bertz CT molecular complexity index is 541. The van der Waals surface area contributed by atoms with Gasteiger partial charge >= 0.3 is 11.9 Å². The second-order valence-electron chi connectivity index (χ2n) is 5.10. The first kappa shape index (κ1) is 16.2. The fourth-order valence-corrected chi connectivity index (χ4v) is 1.68. The number of rotatable bonds is 3. The fraction of sp³-hybridized carbons (Fsp3) is 0.333. The van der Waals surface area contributed by atoms with E-state index in [1.165, 1.54) is 13.2 Å². The highest BCUT2D eigenvalue weighted by Crippen LogP contribution is 2.19. The Labute approximate surface area is 123 Å². The molecule has 0 atom stereocenters. The van der Waals surface area contributed by atoms with Crippen LogP contribution in [-0.2, 0) is 14.3 Å². The number of benzene rings is 1.